The minimum Gasteiger partial charge on any atom is -0.392 e. The highest BCUT2D eigenvalue weighted by atomic mass is 16.3. The lowest BCUT2D eigenvalue weighted by Gasteiger charge is -2.10. The van der Waals surface area contributed by atoms with Gasteiger partial charge in [0.05, 0.1) is 23.2 Å². The molecule has 1 amide bonds. The zero-order valence-electron chi connectivity index (χ0n) is 12.7. The van der Waals surface area contributed by atoms with Gasteiger partial charge in [0.25, 0.3) is 0 Å². The standard InChI is InChI=1S/C16H22N4O2/c1-20-14-6-3-2-5-12(14)19-15(20)7-4-8-17-16(22)13-9-11(21)10-18-13/h2-3,5-6,11,13,18,21H,4,7-10H2,1H3,(H,17,22)/t11-,13-/m0/s1. The number of hydrogen-bond donors (Lipinski definition) is 3. The lowest BCUT2D eigenvalue weighted by Crippen LogP contribution is -2.40. The molecule has 0 spiro atoms. The van der Waals surface area contributed by atoms with Crippen molar-refractivity contribution in [2.75, 3.05) is 13.1 Å². The molecule has 0 radical (unpaired) electrons. The molecule has 2 atom stereocenters. The van der Waals surface area contributed by atoms with Gasteiger partial charge in [0.1, 0.15) is 5.82 Å². The first kappa shape index (κ1) is 15.0. The summed E-state index contributed by atoms with van der Waals surface area (Å²) in [6.45, 7) is 1.12. The van der Waals surface area contributed by atoms with Crippen LogP contribution in [0.3, 0.4) is 0 Å². The number of aliphatic hydroxyl groups is 1. The smallest absolute Gasteiger partial charge is 0.237 e. The third-order valence-corrected chi connectivity index (χ3v) is 4.18. The lowest BCUT2D eigenvalue weighted by atomic mass is 10.2. The molecule has 22 heavy (non-hydrogen) atoms. The summed E-state index contributed by atoms with van der Waals surface area (Å²) < 4.78 is 2.10. The van der Waals surface area contributed by atoms with Crippen molar-refractivity contribution in [2.24, 2.45) is 7.05 Å². The van der Waals surface area contributed by atoms with Gasteiger partial charge >= 0.3 is 0 Å². The number of amides is 1. The van der Waals surface area contributed by atoms with Crippen LogP contribution < -0.4 is 10.6 Å². The number of aromatic nitrogens is 2. The first-order valence-electron chi connectivity index (χ1n) is 7.74. The van der Waals surface area contributed by atoms with E-state index in [-0.39, 0.29) is 11.9 Å². The van der Waals surface area contributed by atoms with Crippen LogP contribution in [0.4, 0.5) is 0 Å². The van der Waals surface area contributed by atoms with E-state index in [2.05, 4.69) is 26.3 Å². The van der Waals surface area contributed by atoms with Gasteiger partial charge in [-0.05, 0) is 25.0 Å². The lowest BCUT2D eigenvalue weighted by molar-refractivity contribution is -0.122. The molecule has 0 unspecified atom stereocenters. The third kappa shape index (κ3) is 3.13. The number of aryl methyl sites for hydroxylation is 2. The molecule has 0 aliphatic carbocycles. The maximum absolute atomic E-state index is 11.9. The fourth-order valence-corrected chi connectivity index (χ4v) is 2.92. The van der Waals surface area contributed by atoms with E-state index in [0.29, 0.717) is 19.5 Å². The molecule has 3 rings (SSSR count). The van der Waals surface area contributed by atoms with Gasteiger partial charge in [0.15, 0.2) is 0 Å². The Balaban J connectivity index is 1.48. The maximum atomic E-state index is 11.9. The van der Waals surface area contributed by atoms with Crippen LogP contribution in [0.5, 0.6) is 0 Å². The van der Waals surface area contributed by atoms with E-state index in [1.807, 2.05) is 25.2 Å². The van der Waals surface area contributed by atoms with Crippen LogP contribution in [-0.4, -0.2) is 45.8 Å². The van der Waals surface area contributed by atoms with Crippen molar-refractivity contribution in [2.45, 2.75) is 31.4 Å². The minimum atomic E-state index is -0.407. The number of aliphatic hydroxyl groups excluding tert-OH is 1. The zero-order valence-corrected chi connectivity index (χ0v) is 12.7. The zero-order chi connectivity index (χ0) is 15.5. The van der Waals surface area contributed by atoms with Gasteiger partial charge in [-0.25, -0.2) is 4.98 Å². The Bertz CT molecular complexity index is 667. The molecule has 3 N–H and O–H groups in total. The van der Waals surface area contributed by atoms with Crippen molar-refractivity contribution in [3.63, 3.8) is 0 Å². The largest absolute Gasteiger partial charge is 0.392 e. The molecule has 1 fully saturated rings. The molecule has 2 heterocycles. The number of carbonyl (C=O) groups excluding carboxylic acids is 1. The number of hydrogen-bond acceptors (Lipinski definition) is 4. The first-order valence-corrected chi connectivity index (χ1v) is 7.74. The van der Waals surface area contributed by atoms with Crippen LogP contribution in [0.2, 0.25) is 0 Å². The molecule has 1 aliphatic rings. The molecule has 6 heteroatoms. The second-order valence-corrected chi connectivity index (χ2v) is 5.82. The number of benzene rings is 1. The molecule has 2 aromatic rings. The van der Waals surface area contributed by atoms with Crippen molar-refractivity contribution in [1.82, 2.24) is 20.2 Å². The van der Waals surface area contributed by atoms with Crippen LogP contribution in [-0.2, 0) is 18.3 Å². The molecule has 118 valence electrons. The van der Waals surface area contributed by atoms with Gasteiger partial charge in [0.2, 0.25) is 5.91 Å². The molecule has 0 bridgehead atoms. The highest BCUT2D eigenvalue weighted by Gasteiger charge is 2.27. The highest BCUT2D eigenvalue weighted by molar-refractivity contribution is 5.82. The molecule has 6 nitrogen and oxygen atoms in total. The van der Waals surface area contributed by atoms with Crippen LogP contribution in [0.25, 0.3) is 11.0 Å². The first-order chi connectivity index (χ1) is 10.6. The summed E-state index contributed by atoms with van der Waals surface area (Å²) in [6.07, 6.45) is 1.76. The minimum absolute atomic E-state index is 0.0263. The van der Waals surface area contributed by atoms with Crippen molar-refractivity contribution < 1.29 is 9.90 Å². The summed E-state index contributed by atoms with van der Waals surface area (Å²) in [6, 6.07) is 7.81. The number of β-amino-alcohol motifs (C(OH)–C–C–N with tert-alkyl or cyclic N) is 1. The number of fused-ring (bicyclic) bond motifs is 1. The van der Waals surface area contributed by atoms with E-state index in [9.17, 15) is 9.90 Å². The predicted octanol–water partition coefficient (Wildman–Crippen LogP) is 0.345. The number of nitrogens with zero attached hydrogens (tertiary/aromatic N) is 2. The molecule has 1 saturated heterocycles. The Morgan fingerprint density at radius 3 is 3.05 bits per heavy atom. The van der Waals surface area contributed by atoms with Gasteiger partial charge in [0, 0.05) is 26.6 Å². The monoisotopic (exact) mass is 302 g/mol. The van der Waals surface area contributed by atoms with E-state index in [1.165, 1.54) is 0 Å². The summed E-state index contributed by atoms with van der Waals surface area (Å²) in [5, 5.41) is 15.3. The number of nitrogens with one attached hydrogen (secondary N) is 2. The van der Waals surface area contributed by atoms with Gasteiger partial charge in [-0.3, -0.25) is 4.79 Å². The van der Waals surface area contributed by atoms with Crippen LogP contribution in [0, 0.1) is 0 Å². The quantitative estimate of drug-likeness (QED) is 0.696. The molecule has 0 saturated carbocycles. The van der Waals surface area contributed by atoms with Gasteiger partial charge < -0.3 is 20.3 Å². The van der Waals surface area contributed by atoms with Crippen LogP contribution in [0.1, 0.15) is 18.7 Å². The summed E-state index contributed by atoms with van der Waals surface area (Å²) >= 11 is 0. The van der Waals surface area contributed by atoms with Crippen molar-refractivity contribution in [3.05, 3.63) is 30.1 Å². The Labute approximate surface area is 129 Å². The second-order valence-electron chi connectivity index (χ2n) is 5.82. The predicted molar refractivity (Wildman–Crippen MR) is 84.5 cm³/mol. The number of imidazole rings is 1. The third-order valence-electron chi connectivity index (χ3n) is 4.18. The van der Waals surface area contributed by atoms with E-state index in [1.54, 1.807) is 0 Å². The molecular formula is C16H22N4O2. The fourth-order valence-electron chi connectivity index (χ4n) is 2.92. The number of rotatable bonds is 5. The van der Waals surface area contributed by atoms with Crippen molar-refractivity contribution >= 4 is 16.9 Å². The van der Waals surface area contributed by atoms with Crippen LogP contribution in [0.15, 0.2) is 24.3 Å². The summed E-state index contributed by atoms with van der Waals surface area (Å²) in [5.74, 6) is 1.01. The van der Waals surface area contributed by atoms with Crippen molar-refractivity contribution in [1.29, 1.82) is 0 Å². The maximum Gasteiger partial charge on any atom is 0.237 e. The van der Waals surface area contributed by atoms with Gasteiger partial charge in [-0.1, -0.05) is 12.1 Å². The molecular weight excluding hydrogens is 280 g/mol. The topological polar surface area (TPSA) is 79.2 Å². The molecule has 1 aliphatic heterocycles. The van der Waals surface area contributed by atoms with E-state index >= 15 is 0 Å². The Morgan fingerprint density at radius 1 is 1.50 bits per heavy atom. The van der Waals surface area contributed by atoms with Gasteiger partial charge in [-0.2, -0.15) is 0 Å². The summed E-state index contributed by atoms with van der Waals surface area (Å²) in [5.41, 5.74) is 2.14. The Morgan fingerprint density at radius 2 is 2.32 bits per heavy atom. The van der Waals surface area contributed by atoms with E-state index in [0.717, 1.165) is 29.7 Å². The molecule has 1 aromatic carbocycles. The SMILES string of the molecule is Cn1c(CCCNC(=O)[C@@H]2C[C@H](O)CN2)nc2ccccc21. The summed E-state index contributed by atoms with van der Waals surface area (Å²) in [4.78, 5) is 16.5. The normalized spacial score (nSPS) is 21.4. The second kappa shape index (κ2) is 6.46. The fraction of sp³-hybridized carbons (Fsp3) is 0.500. The Kier molecular flexibility index (Phi) is 4.40. The number of carbonyl (C=O) groups is 1. The Hall–Kier alpha value is -1.92. The van der Waals surface area contributed by atoms with E-state index in [4.69, 9.17) is 0 Å². The average molecular weight is 302 g/mol. The number of para-hydroxylation sites is 2. The van der Waals surface area contributed by atoms with E-state index < -0.39 is 6.10 Å². The highest BCUT2D eigenvalue weighted by Crippen LogP contribution is 2.15. The van der Waals surface area contributed by atoms with Crippen molar-refractivity contribution in [3.8, 4) is 0 Å². The summed E-state index contributed by atoms with van der Waals surface area (Å²) in [7, 11) is 2.02. The average Bonchev–Trinajstić information content (AvgIpc) is 3.08. The van der Waals surface area contributed by atoms with Crippen LogP contribution >= 0.6 is 0 Å². The van der Waals surface area contributed by atoms with Gasteiger partial charge in [-0.15, -0.1) is 0 Å². The molecule has 1 aromatic heterocycles.